The Bertz CT molecular complexity index is 500. The van der Waals surface area contributed by atoms with Crippen molar-refractivity contribution < 1.29 is 14.7 Å². The maximum absolute atomic E-state index is 12.4. The van der Waals surface area contributed by atoms with Gasteiger partial charge in [-0.25, -0.2) is 9.78 Å². The minimum atomic E-state index is -1.08. The van der Waals surface area contributed by atoms with Gasteiger partial charge in [0.15, 0.2) is 0 Å². The Kier molecular flexibility index (Phi) is 3.89. The van der Waals surface area contributed by atoms with Gasteiger partial charge in [0.1, 0.15) is 10.4 Å². The number of aliphatic carboxylic acids is 1. The first-order valence-electron chi connectivity index (χ1n) is 6.49. The van der Waals surface area contributed by atoms with Crippen LogP contribution in [0.3, 0.4) is 0 Å². The molecule has 0 aliphatic carbocycles. The van der Waals surface area contributed by atoms with Crippen LogP contribution in [-0.4, -0.2) is 39.0 Å². The minimum Gasteiger partial charge on any atom is -0.480 e. The molecule has 0 spiro atoms. The van der Waals surface area contributed by atoms with E-state index in [1.807, 2.05) is 0 Å². The third kappa shape index (κ3) is 2.49. The number of carboxylic acids is 1. The van der Waals surface area contributed by atoms with E-state index in [0.717, 1.165) is 24.3 Å². The molecule has 1 saturated heterocycles. The Balaban J connectivity index is 2.20. The summed E-state index contributed by atoms with van der Waals surface area (Å²) in [7, 11) is 0. The molecule has 1 fully saturated rings. The fraction of sp³-hybridized carbons (Fsp3) is 0.615. The standard InChI is InChI=1S/C13H18N2O3S/c1-3-5-10-14-8-9(19-10)11(16)15-7-4-6-13(15,2)12(17)18/h8H,3-7H2,1-2H3,(H,17,18). The highest BCUT2D eigenvalue weighted by Gasteiger charge is 2.46. The summed E-state index contributed by atoms with van der Waals surface area (Å²) in [5.41, 5.74) is -1.08. The second-order valence-corrected chi connectivity index (χ2v) is 6.12. The van der Waals surface area contributed by atoms with E-state index in [1.165, 1.54) is 16.2 Å². The molecule has 1 amide bonds. The lowest BCUT2D eigenvalue weighted by molar-refractivity contribution is -0.147. The zero-order valence-corrected chi connectivity index (χ0v) is 12.0. The number of likely N-dealkylation sites (tertiary alicyclic amines) is 1. The number of hydrogen-bond donors (Lipinski definition) is 1. The Morgan fingerprint density at radius 3 is 2.95 bits per heavy atom. The van der Waals surface area contributed by atoms with Crippen LogP contribution in [0.15, 0.2) is 6.20 Å². The third-order valence-electron chi connectivity index (χ3n) is 3.58. The van der Waals surface area contributed by atoms with Crippen LogP contribution >= 0.6 is 11.3 Å². The molecule has 5 nitrogen and oxygen atoms in total. The van der Waals surface area contributed by atoms with E-state index < -0.39 is 11.5 Å². The predicted octanol–water partition coefficient (Wildman–Crippen LogP) is 2.17. The number of thiazole rings is 1. The summed E-state index contributed by atoms with van der Waals surface area (Å²) < 4.78 is 0. The quantitative estimate of drug-likeness (QED) is 0.918. The first kappa shape index (κ1) is 14.0. The lowest BCUT2D eigenvalue weighted by atomic mass is 9.99. The molecule has 1 unspecified atom stereocenters. The fourth-order valence-corrected chi connectivity index (χ4v) is 3.35. The van der Waals surface area contributed by atoms with Crippen LogP contribution in [0.5, 0.6) is 0 Å². The molecule has 1 N–H and O–H groups in total. The summed E-state index contributed by atoms with van der Waals surface area (Å²) in [6.45, 7) is 4.18. The topological polar surface area (TPSA) is 70.5 Å². The van der Waals surface area contributed by atoms with E-state index in [4.69, 9.17) is 0 Å². The molecule has 0 bridgehead atoms. The van der Waals surface area contributed by atoms with Gasteiger partial charge in [-0.05, 0) is 32.6 Å². The second kappa shape index (κ2) is 5.28. The molecule has 104 valence electrons. The molecule has 1 aliphatic heterocycles. The average molecular weight is 282 g/mol. The summed E-state index contributed by atoms with van der Waals surface area (Å²) in [4.78, 5) is 30.0. The van der Waals surface area contributed by atoms with Gasteiger partial charge in [-0.3, -0.25) is 4.79 Å². The molecule has 1 aromatic heterocycles. The Morgan fingerprint density at radius 2 is 2.32 bits per heavy atom. The number of carbonyl (C=O) groups is 2. The van der Waals surface area contributed by atoms with Gasteiger partial charge < -0.3 is 10.0 Å². The van der Waals surface area contributed by atoms with Crippen molar-refractivity contribution in [1.29, 1.82) is 0 Å². The predicted molar refractivity (Wildman–Crippen MR) is 72.4 cm³/mol. The Hall–Kier alpha value is -1.43. The number of aryl methyl sites for hydroxylation is 1. The van der Waals surface area contributed by atoms with Gasteiger partial charge in [-0.1, -0.05) is 6.92 Å². The van der Waals surface area contributed by atoms with Gasteiger partial charge in [0.2, 0.25) is 0 Å². The molecule has 19 heavy (non-hydrogen) atoms. The smallest absolute Gasteiger partial charge is 0.329 e. The highest BCUT2D eigenvalue weighted by Crippen LogP contribution is 2.31. The monoisotopic (exact) mass is 282 g/mol. The van der Waals surface area contributed by atoms with E-state index in [1.54, 1.807) is 13.1 Å². The van der Waals surface area contributed by atoms with Gasteiger partial charge in [-0.2, -0.15) is 0 Å². The average Bonchev–Trinajstić information content (AvgIpc) is 2.96. The molecule has 0 radical (unpaired) electrons. The summed E-state index contributed by atoms with van der Waals surface area (Å²) in [6.07, 6.45) is 4.65. The molecule has 1 aromatic rings. The van der Waals surface area contributed by atoms with E-state index in [-0.39, 0.29) is 5.91 Å². The van der Waals surface area contributed by atoms with Crippen molar-refractivity contribution >= 4 is 23.2 Å². The van der Waals surface area contributed by atoms with Crippen LogP contribution in [0, 0.1) is 0 Å². The van der Waals surface area contributed by atoms with Crippen molar-refractivity contribution in [2.24, 2.45) is 0 Å². The van der Waals surface area contributed by atoms with Gasteiger partial charge in [-0.15, -0.1) is 11.3 Å². The summed E-state index contributed by atoms with van der Waals surface area (Å²) in [5.74, 6) is -1.14. The molecule has 0 saturated carbocycles. The lowest BCUT2D eigenvalue weighted by Crippen LogP contribution is -2.50. The normalized spacial score (nSPS) is 22.7. The number of carbonyl (C=O) groups excluding carboxylic acids is 1. The van der Waals surface area contributed by atoms with Crippen LogP contribution in [-0.2, 0) is 11.2 Å². The first-order valence-corrected chi connectivity index (χ1v) is 7.30. The second-order valence-electron chi connectivity index (χ2n) is 5.01. The maximum Gasteiger partial charge on any atom is 0.329 e. The van der Waals surface area contributed by atoms with Gasteiger partial charge >= 0.3 is 5.97 Å². The number of aromatic nitrogens is 1. The van der Waals surface area contributed by atoms with E-state index in [0.29, 0.717) is 17.8 Å². The maximum atomic E-state index is 12.4. The van der Waals surface area contributed by atoms with Crippen molar-refractivity contribution in [2.45, 2.75) is 45.1 Å². The summed E-state index contributed by atoms with van der Waals surface area (Å²) in [5, 5.41) is 10.3. The van der Waals surface area contributed by atoms with Gasteiger partial charge in [0.25, 0.3) is 5.91 Å². The number of carboxylic acid groups (broad SMARTS) is 1. The zero-order chi connectivity index (χ0) is 14.0. The first-order chi connectivity index (χ1) is 8.99. The van der Waals surface area contributed by atoms with Crippen molar-refractivity contribution in [2.75, 3.05) is 6.54 Å². The van der Waals surface area contributed by atoms with Crippen molar-refractivity contribution in [3.8, 4) is 0 Å². The lowest BCUT2D eigenvalue weighted by Gasteiger charge is -2.30. The Labute approximate surface area is 116 Å². The zero-order valence-electron chi connectivity index (χ0n) is 11.2. The molecular weight excluding hydrogens is 264 g/mol. The minimum absolute atomic E-state index is 0.206. The van der Waals surface area contributed by atoms with Crippen molar-refractivity contribution in [3.63, 3.8) is 0 Å². The van der Waals surface area contributed by atoms with E-state index in [9.17, 15) is 14.7 Å². The number of amides is 1. The van der Waals surface area contributed by atoms with Gasteiger partial charge in [0, 0.05) is 6.54 Å². The van der Waals surface area contributed by atoms with Gasteiger partial charge in [0.05, 0.1) is 11.2 Å². The van der Waals surface area contributed by atoms with E-state index in [2.05, 4.69) is 11.9 Å². The molecular formula is C13H18N2O3S. The highest BCUT2D eigenvalue weighted by molar-refractivity contribution is 7.13. The molecule has 2 rings (SSSR count). The fourth-order valence-electron chi connectivity index (χ4n) is 2.38. The number of hydrogen-bond acceptors (Lipinski definition) is 4. The number of rotatable bonds is 4. The van der Waals surface area contributed by atoms with Crippen molar-refractivity contribution in [1.82, 2.24) is 9.88 Å². The largest absolute Gasteiger partial charge is 0.480 e. The van der Waals surface area contributed by atoms with Crippen LogP contribution in [0.2, 0.25) is 0 Å². The van der Waals surface area contributed by atoms with Crippen LogP contribution in [0.1, 0.15) is 47.8 Å². The third-order valence-corrected chi connectivity index (χ3v) is 4.62. The SMILES string of the molecule is CCCc1ncc(C(=O)N2CCCC2(C)C(=O)O)s1. The number of nitrogens with zero attached hydrogens (tertiary/aromatic N) is 2. The summed E-state index contributed by atoms with van der Waals surface area (Å²) in [6, 6.07) is 0. The molecule has 2 heterocycles. The molecule has 1 atom stereocenters. The van der Waals surface area contributed by atoms with Crippen LogP contribution < -0.4 is 0 Å². The molecule has 1 aliphatic rings. The van der Waals surface area contributed by atoms with Crippen molar-refractivity contribution in [3.05, 3.63) is 16.1 Å². The van der Waals surface area contributed by atoms with Crippen LogP contribution in [0.25, 0.3) is 0 Å². The van der Waals surface area contributed by atoms with Crippen LogP contribution in [0.4, 0.5) is 0 Å². The molecule has 6 heteroatoms. The summed E-state index contributed by atoms with van der Waals surface area (Å²) >= 11 is 1.37. The Morgan fingerprint density at radius 1 is 1.58 bits per heavy atom. The van der Waals surface area contributed by atoms with E-state index >= 15 is 0 Å². The molecule has 0 aromatic carbocycles. The highest BCUT2D eigenvalue weighted by atomic mass is 32.1.